The number of ether oxygens (including phenoxy) is 3. The van der Waals surface area contributed by atoms with Gasteiger partial charge in [0.05, 0.1) is 19.6 Å². The molecule has 4 heterocycles. The van der Waals surface area contributed by atoms with Crippen molar-refractivity contribution in [2.24, 2.45) is 18.4 Å². The average Bonchev–Trinajstić information content (AvgIpc) is 3.67. The number of carboxylic acid groups (broad SMARTS) is 1. The normalized spacial score (nSPS) is 22.4. The zero-order valence-corrected chi connectivity index (χ0v) is 26.5. The number of methoxy groups -OCH3 is 1. The van der Waals surface area contributed by atoms with E-state index in [2.05, 4.69) is 6.92 Å². The molecule has 0 aliphatic carbocycles. The minimum Gasteiger partial charge on any atom is -0.493 e. The van der Waals surface area contributed by atoms with E-state index in [1.807, 2.05) is 71.9 Å². The van der Waals surface area contributed by atoms with Gasteiger partial charge in [-0.3, -0.25) is 19.3 Å². The molecule has 0 spiro atoms. The molecule has 2 aromatic rings. The number of unbranched alkanes of at least 4 members (excludes halogenated alkanes) is 1. The first kappa shape index (κ1) is 31.6. The molecule has 2 amide bonds. The Labute approximate surface area is 259 Å². The Kier molecular flexibility index (Phi) is 9.34. The summed E-state index contributed by atoms with van der Waals surface area (Å²) in [5, 5.41) is 10.7. The van der Waals surface area contributed by atoms with Crippen LogP contribution < -0.4 is 23.7 Å². The molecule has 0 unspecified atom stereocenters. The summed E-state index contributed by atoms with van der Waals surface area (Å²) in [6, 6.07) is 7.03. The van der Waals surface area contributed by atoms with Crippen LogP contribution in [0.4, 0.5) is 5.69 Å². The molecule has 238 valence electrons. The van der Waals surface area contributed by atoms with Crippen LogP contribution in [0.5, 0.6) is 17.2 Å². The summed E-state index contributed by atoms with van der Waals surface area (Å²) in [6.45, 7) is 8.14. The van der Waals surface area contributed by atoms with E-state index in [0.717, 1.165) is 30.5 Å². The molecule has 1 aromatic heterocycles. The zero-order chi connectivity index (χ0) is 31.6. The lowest BCUT2D eigenvalue weighted by molar-refractivity contribution is -0.670. The Morgan fingerprint density at radius 2 is 2.05 bits per heavy atom. The standard InChI is InChI=1S/C33H44N4O7/c1-6-7-13-37(23-9-8-12-34(4)18-23)28(38)20-36-19-24(22-16-26(42-5)30-27(17-22)43-21-44-30)29(31(39)40)25(36)10-14-35-15-11-33(2,3)32(35)41/h8-9,12,16-18,24-25,29H,6-7,10-11,13-15,19-21H2,1-5H3/p+1/t24-,25+,29-/m1/s1. The van der Waals surface area contributed by atoms with Crippen LogP contribution in [-0.2, 0) is 21.4 Å². The smallest absolute Gasteiger partial charge is 0.308 e. The van der Waals surface area contributed by atoms with Crippen LogP contribution in [0.15, 0.2) is 36.7 Å². The number of aromatic nitrogens is 1. The number of fused-ring (bicyclic) bond motifs is 1. The maximum Gasteiger partial charge on any atom is 0.308 e. The molecule has 2 saturated heterocycles. The number of aryl methyl sites for hydroxylation is 1. The largest absolute Gasteiger partial charge is 0.493 e. The Hall–Kier alpha value is -3.86. The van der Waals surface area contributed by atoms with Crippen molar-refractivity contribution in [3.63, 3.8) is 0 Å². The van der Waals surface area contributed by atoms with Crippen LogP contribution in [0.25, 0.3) is 0 Å². The summed E-state index contributed by atoms with van der Waals surface area (Å²) < 4.78 is 18.7. The van der Waals surface area contributed by atoms with E-state index in [0.29, 0.717) is 49.8 Å². The first-order valence-electron chi connectivity index (χ1n) is 15.5. The molecular formula is C33H45N4O7+. The first-order chi connectivity index (χ1) is 21.0. The highest BCUT2D eigenvalue weighted by molar-refractivity contribution is 5.94. The van der Waals surface area contributed by atoms with E-state index in [1.54, 1.807) is 12.0 Å². The third kappa shape index (κ3) is 6.33. The number of nitrogens with zero attached hydrogens (tertiary/aromatic N) is 4. The maximum atomic E-state index is 14.0. The predicted molar refractivity (Wildman–Crippen MR) is 163 cm³/mol. The van der Waals surface area contributed by atoms with Gasteiger partial charge in [-0.25, -0.2) is 4.57 Å². The van der Waals surface area contributed by atoms with Gasteiger partial charge in [-0.05, 0) is 43.0 Å². The second-order valence-corrected chi connectivity index (χ2v) is 12.8. The van der Waals surface area contributed by atoms with Gasteiger partial charge in [-0.1, -0.05) is 27.2 Å². The van der Waals surface area contributed by atoms with E-state index < -0.39 is 29.3 Å². The van der Waals surface area contributed by atoms with Crippen LogP contribution in [0.3, 0.4) is 0 Å². The van der Waals surface area contributed by atoms with Gasteiger partial charge < -0.3 is 29.1 Å². The average molecular weight is 610 g/mol. The number of carboxylic acids is 1. The third-order valence-corrected chi connectivity index (χ3v) is 9.32. The van der Waals surface area contributed by atoms with Gasteiger partial charge in [0.15, 0.2) is 23.9 Å². The number of carbonyl (C=O) groups excluding carboxylic acids is 2. The number of aliphatic carboxylic acids is 1. The molecule has 1 aromatic carbocycles. The number of carbonyl (C=O) groups is 3. The lowest BCUT2D eigenvalue weighted by Gasteiger charge is -2.30. The lowest BCUT2D eigenvalue weighted by atomic mass is 9.84. The van der Waals surface area contributed by atoms with Crippen molar-refractivity contribution in [3.05, 3.63) is 42.2 Å². The Bertz CT molecular complexity index is 1400. The fraction of sp³-hybridized carbons (Fsp3) is 0.576. The molecule has 0 saturated carbocycles. The molecule has 2 fully saturated rings. The highest BCUT2D eigenvalue weighted by Crippen LogP contribution is 2.47. The molecule has 1 N–H and O–H groups in total. The van der Waals surface area contributed by atoms with Gasteiger partial charge in [0.1, 0.15) is 12.7 Å². The highest BCUT2D eigenvalue weighted by Gasteiger charge is 2.48. The lowest BCUT2D eigenvalue weighted by Crippen LogP contribution is -2.46. The summed E-state index contributed by atoms with van der Waals surface area (Å²) >= 11 is 0. The van der Waals surface area contributed by atoms with Gasteiger partial charge in [0.25, 0.3) is 0 Å². The number of hydrogen-bond donors (Lipinski definition) is 1. The topological polar surface area (TPSA) is 113 Å². The molecule has 3 aliphatic heterocycles. The molecule has 0 radical (unpaired) electrons. The molecule has 11 nitrogen and oxygen atoms in total. The van der Waals surface area contributed by atoms with E-state index in [9.17, 15) is 19.5 Å². The van der Waals surface area contributed by atoms with Crippen molar-refractivity contribution in [3.8, 4) is 17.2 Å². The Balaban J connectivity index is 1.46. The van der Waals surface area contributed by atoms with Gasteiger partial charge >= 0.3 is 5.97 Å². The van der Waals surface area contributed by atoms with Gasteiger partial charge in [0, 0.05) is 49.6 Å². The molecule has 11 heteroatoms. The van der Waals surface area contributed by atoms with Gasteiger partial charge in [0.2, 0.25) is 24.4 Å². The second-order valence-electron chi connectivity index (χ2n) is 12.8. The zero-order valence-electron chi connectivity index (χ0n) is 26.5. The monoisotopic (exact) mass is 609 g/mol. The molecule has 5 rings (SSSR count). The van der Waals surface area contributed by atoms with Crippen LogP contribution in [0.1, 0.15) is 57.9 Å². The summed E-state index contributed by atoms with van der Waals surface area (Å²) in [7, 11) is 3.46. The minimum absolute atomic E-state index is 0.0639. The summed E-state index contributed by atoms with van der Waals surface area (Å²) in [4.78, 5) is 45.8. The number of benzene rings is 1. The van der Waals surface area contributed by atoms with Crippen molar-refractivity contribution < 1.29 is 38.3 Å². The Morgan fingerprint density at radius 1 is 1.25 bits per heavy atom. The Morgan fingerprint density at radius 3 is 2.70 bits per heavy atom. The first-order valence-corrected chi connectivity index (χ1v) is 15.5. The van der Waals surface area contributed by atoms with E-state index in [4.69, 9.17) is 14.2 Å². The third-order valence-electron chi connectivity index (χ3n) is 9.32. The van der Waals surface area contributed by atoms with Crippen molar-refractivity contribution >= 4 is 23.5 Å². The number of rotatable bonds is 12. The number of hydrogen-bond acceptors (Lipinski definition) is 7. The second kappa shape index (κ2) is 13.0. The molecule has 44 heavy (non-hydrogen) atoms. The van der Waals surface area contributed by atoms with Crippen molar-refractivity contribution in [2.75, 3.05) is 51.5 Å². The molecular weight excluding hydrogens is 564 g/mol. The minimum atomic E-state index is -0.933. The fourth-order valence-corrected chi connectivity index (χ4v) is 6.81. The molecule has 0 bridgehead atoms. The SMILES string of the molecule is CCCCN(C(=O)CN1C[C@H](c2cc(OC)c3c(c2)OCO3)[C@@H](C(=O)O)[C@@H]1CCN1CCC(C)(C)C1=O)c1ccc[n+](C)c1. The number of pyridine rings is 1. The van der Waals surface area contributed by atoms with E-state index in [-0.39, 0.29) is 25.2 Å². The highest BCUT2D eigenvalue weighted by atomic mass is 16.7. The number of likely N-dealkylation sites (tertiary alicyclic amines) is 2. The van der Waals surface area contributed by atoms with Crippen LogP contribution in [0, 0.1) is 11.3 Å². The van der Waals surface area contributed by atoms with Crippen molar-refractivity contribution in [1.29, 1.82) is 0 Å². The maximum absolute atomic E-state index is 14.0. The molecule has 3 atom stereocenters. The fourth-order valence-electron chi connectivity index (χ4n) is 6.81. The van der Waals surface area contributed by atoms with Crippen LogP contribution in [0.2, 0.25) is 0 Å². The number of anilines is 1. The molecule has 3 aliphatic rings. The van der Waals surface area contributed by atoms with Crippen LogP contribution >= 0.6 is 0 Å². The summed E-state index contributed by atoms with van der Waals surface area (Å²) in [5.74, 6) is -0.666. The summed E-state index contributed by atoms with van der Waals surface area (Å²) in [6.07, 6.45) is 6.84. The predicted octanol–water partition coefficient (Wildman–Crippen LogP) is 3.20. The van der Waals surface area contributed by atoms with Gasteiger partial charge in [-0.15, -0.1) is 0 Å². The van der Waals surface area contributed by atoms with Crippen molar-refractivity contribution in [1.82, 2.24) is 9.80 Å². The van der Waals surface area contributed by atoms with E-state index >= 15 is 0 Å². The quantitative estimate of drug-likeness (QED) is 0.365. The van der Waals surface area contributed by atoms with Crippen molar-refractivity contribution in [2.45, 2.75) is 58.4 Å². The number of amides is 2. The van der Waals surface area contributed by atoms with E-state index in [1.165, 1.54) is 0 Å². The van der Waals surface area contributed by atoms with Gasteiger partial charge in [-0.2, -0.15) is 0 Å². The summed E-state index contributed by atoms with van der Waals surface area (Å²) in [5.41, 5.74) is 1.14. The van der Waals surface area contributed by atoms with Crippen LogP contribution in [-0.4, -0.2) is 85.4 Å².